The van der Waals surface area contributed by atoms with E-state index in [2.05, 4.69) is 21.1 Å². The first-order chi connectivity index (χ1) is 9.83. The van der Waals surface area contributed by atoms with Crippen LogP contribution >= 0.6 is 22.6 Å². The first-order valence-electron chi connectivity index (χ1n) is 6.60. The predicted octanol–water partition coefficient (Wildman–Crippen LogP) is 3.46. The second-order valence-electron chi connectivity index (χ2n) is 5.55. The molecule has 0 spiro atoms. The molecule has 0 aliphatic rings. The number of rotatable bonds is 3. The number of fused-ring (bicyclic) bond motifs is 1. The SMILES string of the molecule is C[N+](C)(C)CCO.O=C(I)Oc1cccc2ccccc12. The van der Waals surface area contributed by atoms with Gasteiger partial charge in [-0.25, -0.2) is 4.79 Å². The lowest BCUT2D eigenvalue weighted by atomic mass is 10.1. The average molecular weight is 402 g/mol. The van der Waals surface area contributed by atoms with E-state index in [4.69, 9.17) is 9.84 Å². The van der Waals surface area contributed by atoms with Crippen molar-refractivity contribution in [2.75, 3.05) is 34.3 Å². The summed E-state index contributed by atoms with van der Waals surface area (Å²) in [4.78, 5) is 10.8. The third-order valence-corrected chi connectivity index (χ3v) is 2.93. The minimum Gasteiger partial charge on any atom is -0.418 e. The van der Waals surface area contributed by atoms with Gasteiger partial charge >= 0.3 is 3.98 Å². The number of ether oxygens (including phenoxy) is 1. The molecule has 2 aromatic carbocycles. The van der Waals surface area contributed by atoms with E-state index in [1.165, 1.54) is 0 Å². The molecule has 21 heavy (non-hydrogen) atoms. The van der Waals surface area contributed by atoms with Crippen LogP contribution in [0.15, 0.2) is 42.5 Å². The zero-order chi connectivity index (χ0) is 15.9. The van der Waals surface area contributed by atoms with Crippen molar-refractivity contribution in [2.45, 2.75) is 0 Å². The molecule has 4 nitrogen and oxygen atoms in total. The van der Waals surface area contributed by atoms with Gasteiger partial charge in [0.05, 0.1) is 50.3 Å². The molecule has 0 aromatic heterocycles. The van der Waals surface area contributed by atoms with E-state index in [1.807, 2.05) is 36.4 Å². The van der Waals surface area contributed by atoms with Crippen molar-refractivity contribution in [3.05, 3.63) is 42.5 Å². The van der Waals surface area contributed by atoms with Crippen LogP contribution in [0.3, 0.4) is 0 Å². The van der Waals surface area contributed by atoms with Crippen LogP contribution < -0.4 is 4.74 Å². The Kier molecular flexibility index (Phi) is 7.07. The zero-order valence-corrected chi connectivity index (χ0v) is 14.7. The largest absolute Gasteiger partial charge is 0.418 e. The maximum Gasteiger partial charge on any atom is 0.372 e. The Bertz CT molecular complexity index is 588. The fourth-order valence-corrected chi connectivity index (χ4v) is 1.91. The van der Waals surface area contributed by atoms with Gasteiger partial charge in [0.1, 0.15) is 12.3 Å². The molecular formula is C16H21INO3+. The number of hydrogen-bond acceptors (Lipinski definition) is 3. The minimum atomic E-state index is -0.320. The van der Waals surface area contributed by atoms with Gasteiger partial charge in [0.2, 0.25) is 0 Å². The second-order valence-corrected chi connectivity index (χ2v) is 6.44. The van der Waals surface area contributed by atoms with Crippen LogP contribution in [-0.2, 0) is 0 Å². The Morgan fingerprint density at radius 1 is 1.14 bits per heavy atom. The lowest BCUT2D eigenvalue weighted by Gasteiger charge is -2.21. The quantitative estimate of drug-likeness (QED) is 0.486. The lowest BCUT2D eigenvalue weighted by Crippen LogP contribution is -2.36. The van der Waals surface area contributed by atoms with E-state index in [1.54, 1.807) is 28.7 Å². The van der Waals surface area contributed by atoms with Gasteiger partial charge in [0.25, 0.3) is 0 Å². The molecule has 0 atom stereocenters. The van der Waals surface area contributed by atoms with Gasteiger partial charge < -0.3 is 14.3 Å². The van der Waals surface area contributed by atoms with Crippen molar-refractivity contribution in [1.82, 2.24) is 0 Å². The number of likely N-dealkylation sites (N-methyl/N-ethyl adjacent to an activating group) is 1. The normalized spacial score (nSPS) is 10.7. The second kappa shape index (κ2) is 8.31. The Morgan fingerprint density at radius 2 is 1.76 bits per heavy atom. The molecule has 2 rings (SSSR count). The number of quaternary nitrogens is 1. The number of aliphatic hydroxyl groups excluding tert-OH is 1. The van der Waals surface area contributed by atoms with E-state index in [-0.39, 0.29) is 10.6 Å². The number of carbonyl (C=O) groups excluding carboxylic acids is 1. The first-order valence-corrected chi connectivity index (χ1v) is 7.68. The molecule has 0 bridgehead atoms. The highest BCUT2D eigenvalue weighted by atomic mass is 127. The molecule has 0 aliphatic carbocycles. The van der Waals surface area contributed by atoms with Gasteiger partial charge in [0, 0.05) is 5.39 Å². The predicted molar refractivity (Wildman–Crippen MR) is 94.0 cm³/mol. The van der Waals surface area contributed by atoms with Crippen LogP contribution in [-0.4, -0.2) is 47.9 Å². The van der Waals surface area contributed by atoms with E-state index >= 15 is 0 Å². The van der Waals surface area contributed by atoms with Crippen molar-refractivity contribution in [3.8, 4) is 5.75 Å². The summed E-state index contributed by atoms with van der Waals surface area (Å²) in [6, 6.07) is 13.4. The summed E-state index contributed by atoms with van der Waals surface area (Å²) >= 11 is 1.62. The third-order valence-electron chi connectivity index (χ3n) is 2.71. The highest BCUT2D eigenvalue weighted by molar-refractivity contribution is 14.1. The van der Waals surface area contributed by atoms with Gasteiger partial charge in [-0.05, 0) is 11.5 Å². The maximum absolute atomic E-state index is 10.8. The van der Waals surface area contributed by atoms with Crippen molar-refractivity contribution < 1.29 is 19.1 Å². The molecule has 0 radical (unpaired) electrons. The summed E-state index contributed by atoms with van der Waals surface area (Å²) in [5.41, 5.74) is 0. The smallest absolute Gasteiger partial charge is 0.372 e. The Morgan fingerprint density at radius 3 is 2.29 bits per heavy atom. The van der Waals surface area contributed by atoms with E-state index in [0.29, 0.717) is 5.75 Å². The lowest BCUT2D eigenvalue weighted by molar-refractivity contribution is -0.870. The van der Waals surface area contributed by atoms with Gasteiger partial charge in [-0.3, -0.25) is 0 Å². The number of aliphatic hydroxyl groups is 1. The zero-order valence-electron chi connectivity index (χ0n) is 12.5. The molecule has 1 N–H and O–H groups in total. The van der Waals surface area contributed by atoms with Crippen LogP contribution in [0.2, 0.25) is 0 Å². The van der Waals surface area contributed by atoms with Crippen molar-refractivity contribution in [3.63, 3.8) is 0 Å². The van der Waals surface area contributed by atoms with Crippen molar-refractivity contribution in [2.24, 2.45) is 0 Å². The summed E-state index contributed by atoms with van der Waals surface area (Å²) in [6.07, 6.45) is 0. The van der Waals surface area contributed by atoms with Crippen LogP contribution in [0.4, 0.5) is 4.79 Å². The fourth-order valence-electron chi connectivity index (χ4n) is 1.67. The molecular weight excluding hydrogens is 381 g/mol. The molecule has 0 amide bonds. The van der Waals surface area contributed by atoms with Crippen molar-refractivity contribution in [1.29, 1.82) is 0 Å². The van der Waals surface area contributed by atoms with Crippen molar-refractivity contribution >= 4 is 37.3 Å². The summed E-state index contributed by atoms with van der Waals surface area (Å²) in [7, 11) is 6.16. The van der Waals surface area contributed by atoms with E-state index in [0.717, 1.165) is 21.8 Å². The number of nitrogens with zero attached hydrogens (tertiary/aromatic N) is 1. The monoisotopic (exact) mass is 402 g/mol. The topological polar surface area (TPSA) is 46.5 Å². The van der Waals surface area contributed by atoms with Gasteiger partial charge in [0.15, 0.2) is 0 Å². The van der Waals surface area contributed by atoms with E-state index < -0.39 is 0 Å². The molecule has 0 saturated carbocycles. The summed E-state index contributed by atoms with van der Waals surface area (Å²) < 4.78 is 5.60. The highest BCUT2D eigenvalue weighted by Crippen LogP contribution is 2.25. The number of halogens is 1. The standard InChI is InChI=1S/C11H7IO2.C5H14NO/c12-11(13)14-10-7-3-5-8-4-1-2-6-9(8)10;1-6(2,3)4-5-7/h1-7H;7H,4-5H2,1-3H3/q;+1. The van der Waals surface area contributed by atoms with Crippen LogP contribution in [0.25, 0.3) is 10.8 Å². The molecule has 114 valence electrons. The number of carbonyl (C=O) groups is 1. The van der Waals surface area contributed by atoms with Crippen LogP contribution in [0.5, 0.6) is 5.75 Å². The summed E-state index contributed by atoms with van der Waals surface area (Å²) in [5, 5.41) is 10.4. The van der Waals surface area contributed by atoms with Crippen LogP contribution in [0.1, 0.15) is 0 Å². The molecule has 0 aliphatic heterocycles. The highest BCUT2D eigenvalue weighted by Gasteiger charge is 2.03. The summed E-state index contributed by atoms with van der Waals surface area (Å²) in [6.45, 7) is 1.11. The molecule has 0 saturated heterocycles. The number of benzene rings is 2. The summed E-state index contributed by atoms with van der Waals surface area (Å²) in [5.74, 6) is 0.613. The molecule has 0 heterocycles. The minimum absolute atomic E-state index is 0.281. The van der Waals surface area contributed by atoms with Crippen LogP contribution in [0, 0.1) is 0 Å². The Hall–Kier alpha value is -1.18. The molecule has 5 heteroatoms. The number of hydrogen-bond donors (Lipinski definition) is 1. The average Bonchev–Trinajstić information content (AvgIpc) is 2.38. The molecule has 0 unspecified atom stereocenters. The maximum atomic E-state index is 10.8. The van der Waals surface area contributed by atoms with Gasteiger partial charge in [-0.15, -0.1) is 0 Å². The molecule has 0 fully saturated rings. The molecule has 2 aromatic rings. The Labute approximate surface area is 139 Å². The van der Waals surface area contributed by atoms with Gasteiger partial charge in [-0.1, -0.05) is 36.4 Å². The fraction of sp³-hybridized carbons (Fsp3) is 0.312. The van der Waals surface area contributed by atoms with Gasteiger partial charge in [-0.2, -0.15) is 0 Å². The first kappa shape index (κ1) is 17.9. The van der Waals surface area contributed by atoms with E-state index in [9.17, 15) is 4.79 Å². The Balaban J connectivity index is 0.000000270. The third kappa shape index (κ3) is 6.88.